The highest BCUT2D eigenvalue weighted by atomic mass is 16.4. The highest BCUT2D eigenvalue weighted by Gasteiger charge is 2.35. The summed E-state index contributed by atoms with van der Waals surface area (Å²) in [5.41, 5.74) is 2.02. The summed E-state index contributed by atoms with van der Waals surface area (Å²) in [6.07, 6.45) is 4.84. The molecule has 0 radical (unpaired) electrons. The molecule has 2 atom stereocenters. The number of nitrogens with one attached hydrogen (secondary N) is 1. The van der Waals surface area contributed by atoms with Crippen molar-refractivity contribution in [2.24, 2.45) is 11.8 Å². The van der Waals surface area contributed by atoms with Crippen molar-refractivity contribution in [1.82, 2.24) is 15.1 Å². The van der Waals surface area contributed by atoms with Crippen LogP contribution in [0.3, 0.4) is 0 Å². The molecule has 1 aromatic heterocycles. The Hall–Kier alpha value is -1.85. The maximum Gasteiger partial charge on any atom is 0.307 e. The molecule has 1 saturated carbocycles. The third-order valence-corrected chi connectivity index (χ3v) is 4.38. The number of aromatic nitrogens is 2. The number of carboxylic acid groups (broad SMARTS) is 1. The zero-order valence-electron chi connectivity index (χ0n) is 12.6. The van der Waals surface area contributed by atoms with Crippen LogP contribution in [0.1, 0.15) is 43.9 Å². The summed E-state index contributed by atoms with van der Waals surface area (Å²) >= 11 is 0. The van der Waals surface area contributed by atoms with Gasteiger partial charge in [-0.1, -0.05) is 12.8 Å². The second-order valence-corrected chi connectivity index (χ2v) is 5.62. The summed E-state index contributed by atoms with van der Waals surface area (Å²) in [7, 11) is 0. The molecule has 0 saturated heterocycles. The van der Waals surface area contributed by atoms with Crippen molar-refractivity contribution in [2.75, 3.05) is 0 Å². The Bertz CT molecular complexity index is 524. The maximum absolute atomic E-state index is 12.3. The first kappa shape index (κ1) is 15.5. The molecule has 0 bridgehead atoms. The first-order valence-corrected chi connectivity index (χ1v) is 7.56. The lowest BCUT2D eigenvalue weighted by molar-refractivity contribution is -0.148. The topological polar surface area (TPSA) is 84.2 Å². The second kappa shape index (κ2) is 6.74. The van der Waals surface area contributed by atoms with Gasteiger partial charge in [0.15, 0.2) is 0 Å². The van der Waals surface area contributed by atoms with Crippen LogP contribution in [0.5, 0.6) is 0 Å². The van der Waals surface area contributed by atoms with Gasteiger partial charge in [-0.25, -0.2) is 0 Å². The van der Waals surface area contributed by atoms with Gasteiger partial charge >= 0.3 is 5.97 Å². The van der Waals surface area contributed by atoms with Crippen LogP contribution in [-0.4, -0.2) is 26.8 Å². The van der Waals surface area contributed by atoms with E-state index in [1.807, 2.05) is 18.5 Å². The van der Waals surface area contributed by atoms with Crippen LogP contribution >= 0.6 is 0 Å². The zero-order chi connectivity index (χ0) is 15.4. The van der Waals surface area contributed by atoms with Crippen LogP contribution in [0.2, 0.25) is 0 Å². The molecule has 1 aliphatic carbocycles. The summed E-state index contributed by atoms with van der Waals surface area (Å²) in [6.45, 7) is 5.19. The first-order chi connectivity index (χ1) is 10.0. The zero-order valence-corrected chi connectivity index (χ0v) is 12.6. The fourth-order valence-corrected chi connectivity index (χ4v) is 3.03. The summed E-state index contributed by atoms with van der Waals surface area (Å²) in [4.78, 5) is 23.5. The van der Waals surface area contributed by atoms with E-state index in [1.54, 1.807) is 6.20 Å². The smallest absolute Gasteiger partial charge is 0.307 e. The molecule has 1 amide bonds. The molecule has 1 aliphatic rings. The number of nitrogens with zero attached hydrogens (tertiary/aromatic N) is 2. The van der Waals surface area contributed by atoms with E-state index in [0.717, 1.165) is 30.6 Å². The summed E-state index contributed by atoms with van der Waals surface area (Å²) < 4.78 is 1.88. The van der Waals surface area contributed by atoms with Crippen molar-refractivity contribution in [1.29, 1.82) is 0 Å². The largest absolute Gasteiger partial charge is 0.481 e. The molecule has 1 fully saturated rings. The third kappa shape index (κ3) is 3.43. The molecule has 0 aliphatic heterocycles. The van der Waals surface area contributed by atoms with E-state index in [9.17, 15) is 14.7 Å². The van der Waals surface area contributed by atoms with E-state index in [1.165, 1.54) is 0 Å². The lowest BCUT2D eigenvalue weighted by atomic mass is 9.78. The predicted molar refractivity (Wildman–Crippen MR) is 77.6 cm³/mol. The van der Waals surface area contributed by atoms with Crippen molar-refractivity contribution < 1.29 is 14.7 Å². The molecule has 1 aromatic rings. The van der Waals surface area contributed by atoms with E-state index < -0.39 is 17.8 Å². The number of carboxylic acids is 1. The van der Waals surface area contributed by atoms with Crippen LogP contribution < -0.4 is 5.32 Å². The van der Waals surface area contributed by atoms with Gasteiger partial charge in [0.05, 0.1) is 18.0 Å². The van der Waals surface area contributed by atoms with Gasteiger partial charge in [-0.05, 0) is 26.7 Å². The lowest BCUT2D eigenvalue weighted by Gasteiger charge is -2.27. The molecule has 0 unspecified atom stereocenters. The molecule has 6 heteroatoms. The van der Waals surface area contributed by atoms with E-state index >= 15 is 0 Å². The van der Waals surface area contributed by atoms with Crippen molar-refractivity contribution in [2.45, 2.75) is 52.6 Å². The van der Waals surface area contributed by atoms with Gasteiger partial charge in [-0.2, -0.15) is 5.10 Å². The Kier molecular flexibility index (Phi) is 4.98. The highest BCUT2D eigenvalue weighted by molar-refractivity contribution is 5.84. The molecule has 6 nitrogen and oxygen atoms in total. The van der Waals surface area contributed by atoms with Crippen LogP contribution in [0, 0.1) is 18.8 Å². The van der Waals surface area contributed by atoms with Crippen molar-refractivity contribution in [3.05, 3.63) is 17.5 Å². The summed E-state index contributed by atoms with van der Waals surface area (Å²) in [5.74, 6) is -1.95. The fourth-order valence-electron chi connectivity index (χ4n) is 3.03. The van der Waals surface area contributed by atoms with Crippen molar-refractivity contribution in [3.63, 3.8) is 0 Å². The molecule has 2 rings (SSSR count). The molecule has 0 aromatic carbocycles. The molecule has 1 heterocycles. The number of aliphatic carboxylic acids is 1. The molecule has 21 heavy (non-hydrogen) atoms. The lowest BCUT2D eigenvalue weighted by Crippen LogP contribution is -2.39. The summed E-state index contributed by atoms with van der Waals surface area (Å²) in [6, 6.07) is 0. The SMILES string of the molecule is CCn1ncc(CNC(=O)[C@H]2CCCC[C@@H]2C(=O)O)c1C. The molecular formula is C15H23N3O3. The van der Waals surface area contributed by atoms with Gasteiger partial charge in [0.1, 0.15) is 0 Å². The number of carbonyl (C=O) groups is 2. The first-order valence-electron chi connectivity index (χ1n) is 7.56. The number of amides is 1. The summed E-state index contributed by atoms with van der Waals surface area (Å²) in [5, 5.41) is 16.3. The van der Waals surface area contributed by atoms with E-state index in [2.05, 4.69) is 10.4 Å². The monoisotopic (exact) mass is 293 g/mol. The Morgan fingerprint density at radius 1 is 1.38 bits per heavy atom. The average Bonchev–Trinajstić information content (AvgIpc) is 2.85. The molecule has 0 spiro atoms. The molecule has 2 N–H and O–H groups in total. The minimum absolute atomic E-state index is 0.147. The third-order valence-electron chi connectivity index (χ3n) is 4.38. The predicted octanol–water partition coefficient (Wildman–Crippen LogP) is 1.72. The number of hydrogen-bond acceptors (Lipinski definition) is 3. The Morgan fingerprint density at radius 3 is 2.62 bits per heavy atom. The van der Waals surface area contributed by atoms with Crippen molar-refractivity contribution >= 4 is 11.9 Å². The van der Waals surface area contributed by atoms with Crippen LogP contribution in [0.25, 0.3) is 0 Å². The average molecular weight is 293 g/mol. The number of aryl methyl sites for hydroxylation is 1. The number of carbonyl (C=O) groups excluding carboxylic acids is 1. The normalized spacial score (nSPS) is 22.0. The van der Waals surface area contributed by atoms with Gasteiger partial charge in [0, 0.05) is 24.3 Å². The Balaban J connectivity index is 1.97. The fraction of sp³-hybridized carbons (Fsp3) is 0.667. The van der Waals surface area contributed by atoms with E-state index in [-0.39, 0.29) is 5.91 Å². The highest BCUT2D eigenvalue weighted by Crippen LogP contribution is 2.30. The maximum atomic E-state index is 12.3. The van der Waals surface area contributed by atoms with Crippen LogP contribution in [0.15, 0.2) is 6.20 Å². The van der Waals surface area contributed by atoms with Gasteiger partial charge in [0.25, 0.3) is 0 Å². The quantitative estimate of drug-likeness (QED) is 0.865. The Morgan fingerprint density at radius 2 is 2.05 bits per heavy atom. The molecular weight excluding hydrogens is 270 g/mol. The minimum atomic E-state index is -0.857. The number of rotatable bonds is 5. The standard InChI is InChI=1S/C15H23N3O3/c1-3-18-10(2)11(9-17-18)8-16-14(19)12-6-4-5-7-13(12)15(20)21/h9,12-13H,3-8H2,1-2H3,(H,16,19)(H,20,21)/t12-,13-/m0/s1. The Labute approximate surface area is 124 Å². The number of hydrogen-bond donors (Lipinski definition) is 2. The van der Waals surface area contributed by atoms with Crippen molar-refractivity contribution in [3.8, 4) is 0 Å². The van der Waals surface area contributed by atoms with Gasteiger partial charge in [0.2, 0.25) is 5.91 Å². The van der Waals surface area contributed by atoms with Gasteiger partial charge < -0.3 is 10.4 Å². The minimum Gasteiger partial charge on any atom is -0.481 e. The van der Waals surface area contributed by atoms with E-state index in [0.29, 0.717) is 19.4 Å². The van der Waals surface area contributed by atoms with Crippen LogP contribution in [0.4, 0.5) is 0 Å². The van der Waals surface area contributed by atoms with E-state index in [4.69, 9.17) is 0 Å². The van der Waals surface area contributed by atoms with Gasteiger partial charge in [-0.15, -0.1) is 0 Å². The van der Waals surface area contributed by atoms with Gasteiger partial charge in [-0.3, -0.25) is 14.3 Å². The van der Waals surface area contributed by atoms with Crippen LogP contribution in [-0.2, 0) is 22.7 Å². The second-order valence-electron chi connectivity index (χ2n) is 5.62. The molecule has 116 valence electrons.